The summed E-state index contributed by atoms with van der Waals surface area (Å²) >= 11 is 1.70. The van der Waals surface area contributed by atoms with Gasteiger partial charge in [0.2, 0.25) is 0 Å². The van der Waals surface area contributed by atoms with Gasteiger partial charge in [0.1, 0.15) is 0 Å². The van der Waals surface area contributed by atoms with Crippen molar-refractivity contribution >= 4 is 23.4 Å². The van der Waals surface area contributed by atoms with Crippen LogP contribution in [0.4, 0.5) is 0 Å². The van der Waals surface area contributed by atoms with Crippen molar-refractivity contribution in [3.05, 3.63) is 54.1 Å². The fourth-order valence-electron chi connectivity index (χ4n) is 2.12. The van der Waals surface area contributed by atoms with Gasteiger partial charge in [0.25, 0.3) is 0 Å². The van der Waals surface area contributed by atoms with E-state index in [0.717, 1.165) is 16.7 Å². The number of aliphatic carboxylic acids is 1. The summed E-state index contributed by atoms with van der Waals surface area (Å²) in [6, 6.07) is 15.8. The van der Waals surface area contributed by atoms with Crippen LogP contribution in [0.2, 0.25) is 0 Å². The van der Waals surface area contributed by atoms with E-state index < -0.39 is 5.97 Å². The van der Waals surface area contributed by atoms with Gasteiger partial charge in [-0.2, -0.15) is 0 Å². The minimum atomic E-state index is -0.911. The van der Waals surface area contributed by atoms with Crippen LogP contribution in [0.1, 0.15) is 18.4 Å². The lowest BCUT2D eigenvalue weighted by Crippen LogP contribution is -2.05. The van der Waals surface area contributed by atoms with Crippen LogP contribution in [0.3, 0.4) is 0 Å². The Kier molecular flexibility index (Phi) is 5.61. The van der Waals surface area contributed by atoms with Crippen molar-refractivity contribution in [1.29, 1.82) is 0 Å². The number of oxime groups is 1. The first-order valence-electron chi connectivity index (χ1n) is 6.81. The van der Waals surface area contributed by atoms with Gasteiger partial charge in [-0.25, -0.2) is 0 Å². The third-order valence-electron chi connectivity index (χ3n) is 3.34. The van der Waals surface area contributed by atoms with Crippen LogP contribution in [0.5, 0.6) is 0 Å². The number of carboxylic acids is 1. The molecule has 0 atom stereocenters. The number of carboxylic acid groups (broad SMARTS) is 1. The molecule has 0 aliphatic rings. The summed E-state index contributed by atoms with van der Waals surface area (Å²) in [6.07, 6.45) is 2.18. The molecule has 0 bridgehead atoms. The molecule has 0 heterocycles. The van der Waals surface area contributed by atoms with Crippen LogP contribution < -0.4 is 0 Å². The fourth-order valence-corrected chi connectivity index (χ4v) is 2.52. The number of carbonyl (C=O) groups is 1. The first kappa shape index (κ1) is 16.1. The van der Waals surface area contributed by atoms with Gasteiger partial charge in [-0.1, -0.05) is 41.6 Å². The third-order valence-corrected chi connectivity index (χ3v) is 4.08. The Labute approximate surface area is 133 Å². The maximum absolute atomic E-state index is 10.6. The zero-order chi connectivity index (χ0) is 15.9. The molecule has 2 aromatic rings. The highest BCUT2D eigenvalue weighted by Crippen LogP contribution is 2.23. The number of nitrogens with zero attached hydrogens (tertiary/aromatic N) is 1. The van der Waals surface area contributed by atoms with Crippen LogP contribution in [0.15, 0.2) is 58.6 Å². The molecule has 0 saturated carbocycles. The summed E-state index contributed by atoms with van der Waals surface area (Å²) in [4.78, 5) is 11.8. The third kappa shape index (κ3) is 4.11. The average Bonchev–Trinajstić information content (AvgIpc) is 2.56. The molecule has 4 nitrogen and oxygen atoms in total. The summed E-state index contributed by atoms with van der Waals surface area (Å²) in [7, 11) is 0. The molecular weight excluding hydrogens is 298 g/mol. The molecule has 2 aromatic carbocycles. The molecule has 0 fully saturated rings. The van der Waals surface area contributed by atoms with Crippen molar-refractivity contribution in [3.8, 4) is 11.1 Å². The van der Waals surface area contributed by atoms with Gasteiger partial charge in [0.05, 0.1) is 12.1 Å². The van der Waals surface area contributed by atoms with Crippen LogP contribution in [0.25, 0.3) is 11.1 Å². The first-order valence-corrected chi connectivity index (χ1v) is 8.04. The van der Waals surface area contributed by atoms with Gasteiger partial charge in [-0.05, 0) is 35.1 Å². The SMILES string of the molecule is CSc1ccc(-c2ccc(/C(CCC(=O)O)=N\O)cc2)cc1. The normalized spacial score (nSPS) is 11.4. The summed E-state index contributed by atoms with van der Waals surface area (Å²) < 4.78 is 0. The van der Waals surface area contributed by atoms with Crippen LogP contribution in [-0.2, 0) is 4.79 Å². The van der Waals surface area contributed by atoms with E-state index >= 15 is 0 Å². The molecule has 22 heavy (non-hydrogen) atoms. The molecule has 0 saturated heterocycles. The first-order chi connectivity index (χ1) is 10.6. The second kappa shape index (κ2) is 7.66. The van der Waals surface area contributed by atoms with E-state index in [0.29, 0.717) is 5.71 Å². The Balaban J connectivity index is 2.16. The van der Waals surface area contributed by atoms with Gasteiger partial charge >= 0.3 is 5.97 Å². The van der Waals surface area contributed by atoms with Gasteiger partial charge in [0.15, 0.2) is 0 Å². The van der Waals surface area contributed by atoms with E-state index in [4.69, 9.17) is 10.3 Å². The van der Waals surface area contributed by atoms with Crippen molar-refractivity contribution in [2.45, 2.75) is 17.7 Å². The molecular formula is C17H17NO3S. The maximum atomic E-state index is 10.6. The highest BCUT2D eigenvalue weighted by Gasteiger charge is 2.08. The molecule has 2 rings (SSSR count). The Morgan fingerprint density at radius 3 is 2.00 bits per heavy atom. The largest absolute Gasteiger partial charge is 0.481 e. The minimum Gasteiger partial charge on any atom is -0.481 e. The maximum Gasteiger partial charge on any atom is 0.303 e. The molecule has 0 aromatic heterocycles. The quantitative estimate of drug-likeness (QED) is 0.364. The predicted octanol–water partition coefficient (Wildman–Crippen LogP) is 4.12. The van der Waals surface area contributed by atoms with Crippen LogP contribution >= 0.6 is 11.8 Å². The molecule has 114 valence electrons. The highest BCUT2D eigenvalue weighted by atomic mass is 32.2. The van der Waals surface area contributed by atoms with E-state index in [1.165, 1.54) is 4.90 Å². The van der Waals surface area contributed by atoms with Gasteiger partial charge in [0, 0.05) is 11.3 Å². The average molecular weight is 315 g/mol. The Hall–Kier alpha value is -2.27. The molecule has 0 aliphatic heterocycles. The zero-order valence-electron chi connectivity index (χ0n) is 12.2. The van der Waals surface area contributed by atoms with Gasteiger partial charge < -0.3 is 10.3 Å². The minimum absolute atomic E-state index is 0.0582. The van der Waals surface area contributed by atoms with E-state index in [2.05, 4.69) is 29.4 Å². The van der Waals surface area contributed by atoms with Crippen molar-refractivity contribution < 1.29 is 15.1 Å². The van der Waals surface area contributed by atoms with E-state index in [9.17, 15) is 4.79 Å². The zero-order valence-corrected chi connectivity index (χ0v) is 13.0. The second-order valence-corrected chi connectivity index (χ2v) is 5.63. The predicted molar refractivity (Wildman–Crippen MR) is 88.9 cm³/mol. The number of rotatable bonds is 6. The molecule has 5 heteroatoms. The highest BCUT2D eigenvalue weighted by molar-refractivity contribution is 7.98. The second-order valence-electron chi connectivity index (χ2n) is 4.75. The van der Waals surface area contributed by atoms with Crippen molar-refractivity contribution in [2.24, 2.45) is 5.16 Å². The summed E-state index contributed by atoms with van der Waals surface area (Å²) in [5, 5.41) is 20.9. The van der Waals surface area contributed by atoms with E-state index in [1.54, 1.807) is 11.8 Å². The van der Waals surface area contributed by atoms with Gasteiger partial charge in [-0.15, -0.1) is 11.8 Å². The van der Waals surface area contributed by atoms with E-state index in [-0.39, 0.29) is 12.8 Å². The fraction of sp³-hybridized carbons (Fsp3) is 0.176. The molecule has 2 N–H and O–H groups in total. The van der Waals surface area contributed by atoms with Crippen LogP contribution in [-0.4, -0.2) is 28.3 Å². The summed E-state index contributed by atoms with van der Waals surface area (Å²) in [5.74, 6) is -0.911. The topological polar surface area (TPSA) is 69.9 Å². The number of hydrogen-bond donors (Lipinski definition) is 2. The number of hydrogen-bond acceptors (Lipinski definition) is 4. The molecule has 0 unspecified atom stereocenters. The number of thioether (sulfide) groups is 1. The summed E-state index contributed by atoms with van der Waals surface area (Å²) in [5.41, 5.74) is 3.28. The smallest absolute Gasteiger partial charge is 0.303 e. The Bertz CT molecular complexity index is 663. The lowest BCUT2D eigenvalue weighted by Gasteiger charge is -2.06. The van der Waals surface area contributed by atoms with Crippen molar-refractivity contribution in [2.75, 3.05) is 6.26 Å². The number of benzene rings is 2. The lowest BCUT2D eigenvalue weighted by molar-refractivity contribution is -0.136. The van der Waals surface area contributed by atoms with E-state index in [1.807, 2.05) is 30.5 Å². The molecule has 0 radical (unpaired) electrons. The van der Waals surface area contributed by atoms with Crippen molar-refractivity contribution in [1.82, 2.24) is 0 Å². The Morgan fingerprint density at radius 2 is 1.55 bits per heavy atom. The molecule has 0 spiro atoms. The monoisotopic (exact) mass is 315 g/mol. The Morgan fingerprint density at radius 1 is 1.00 bits per heavy atom. The summed E-state index contributed by atoms with van der Waals surface area (Å²) in [6.45, 7) is 0. The van der Waals surface area contributed by atoms with Crippen molar-refractivity contribution in [3.63, 3.8) is 0 Å². The molecule has 0 amide bonds. The lowest BCUT2D eigenvalue weighted by atomic mass is 10.0. The van der Waals surface area contributed by atoms with Gasteiger partial charge in [-0.3, -0.25) is 4.79 Å². The van der Waals surface area contributed by atoms with Crippen LogP contribution in [0, 0.1) is 0 Å². The standard InChI is InChI=1S/C17H17NO3S/c1-22-15-8-6-13(7-9-15)12-2-4-14(5-3-12)16(18-21)10-11-17(19)20/h2-9,21H,10-11H2,1H3,(H,19,20)/b18-16-. The molecule has 0 aliphatic carbocycles.